The third-order valence-electron chi connectivity index (χ3n) is 1.48. The van der Waals surface area contributed by atoms with Crippen LogP contribution in [0.25, 0.3) is 0 Å². The van der Waals surface area contributed by atoms with Gasteiger partial charge in [0.1, 0.15) is 0 Å². The molecule has 0 aliphatic heterocycles. The van der Waals surface area contributed by atoms with E-state index < -0.39 is 11.9 Å². The molecule has 0 saturated carbocycles. The van der Waals surface area contributed by atoms with Crippen molar-refractivity contribution in [2.45, 2.75) is 52.4 Å². The SMILES string of the molecule is CC(=O)[O-].CCCCCCCC(=O)[O-].[Sn+2].[Sn+2]. The fraction of sp³-hybridized carbons (Fsp3) is 0.800. The Balaban J connectivity index is -0.000000105. The van der Waals surface area contributed by atoms with Crippen molar-refractivity contribution in [3.63, 3.8) is 0 Å². The van der Waals surface area contributed by atoms with Gasteiger partial charge in [0, 0.05) is 11.9 Å². The van der Waals surface area contributed by atoms with Crippen LogP contribution in [-0.4, -0.2) is 59.8 Å². The third kappa shape index (κ3) is 46.9. The summed E-state index contributed by atoms with van der Waals surface area (Å²) < 4.78 is 0. The summed E-state index contributed by atoms with van der Waals surface area (Å²) in [5, 5.41) is 18.8. The number of hydrogen-bond donors (Lipinski definition) is 0. The molecule has 0 saturated heterocycles. The third-order valence-corrected chi connectivity index (χ3v) is 1.48. The van der Waals surface area contributed by atoms with Crippen LogP contribution in [0, 0.1) is 0 Å². The predicted octanol–water partition coefficient (Wildman–Crippen LogP) is -0.909. The largest absolute Gasteiger partial charge is 2.00 e. The Labute approximate surface area is 131 Å². The Morgan fingerprint density at radius 2 is 1.31 bits per heavy atom. The first-order valence-corrected chi connectivity index (χ1v) is 4.88. The van der Waals surface area contributed by atoms with Crippen LogP contribution < -0.4 is 10.2 Å². The van der Waals surface area contributed by atoms with Crippen molar-refractivity contribution in [2.75, 3.05) is 0 Å². The van der Waals surface area contributed by atoms with Crippen molar-refractivity contribution in [3.8, 4) is 0 Å². The first-order valence-electron chi connectivity index (χ1n) is 4.88. The molecule has 6 heteroatoms. The van der Waals surface area contributed by atoms with E-state index in [0.29, 0.717) is 0 Å². The van der Waals surface area contributed by atoms with Crippen LogP contribution in [0.4, 0.5) is 0 Å². The molecule has 0 unspecified atom stereocenters. The van der Waals surface area contributed by atoms with E-state index in [4.69, 9.17) is 9.90 Å². The molecule has 0 aliphatic rings. The number of unbranched alkanes of at least 4 members (excludes halogenated alkanes) is 4. The van der Waals surface area contributed by atoms with E-state index >= 15 is 0 Å². The molecule has 0 amide bonds. The van der Waals surface area contributed by atoms with Crippen molar-refractivity contribution in [2.24, 2.45) is 0 Å². The zero-order chi connectivity index (χ0) is 11.4. The molecule has 4 nitrogen and oxygen atoms in total. The molecule has 0 aromatic rings. The summed E-state index contributed by atoms with van der Waals surface area (Å²) in [6.45, 7) is 3.11. The monoisotopic (exact) mass is 442 g/mol. The van der Waals surface area contributed by atoms with E-state index in [1.807, 2.05) is 0 Å². The Morgan fingerprint density at radius 3 is 1.62 bits per heavy atom. The summed E-state index contributed by atoms with van der Waals surface area (Å²) in [5.74, 6) is -2.00. The maximum Gasteiger partial charge on any atom is 2.00 e. The smallest absolute Gasteiger partial charge is 0.550 e. The number of rotatable bonds is 6. The second-order valence-corrected chi connectivity index (χ2v) is 3.03. The molecule has 88 valence electrons. The summed E-state index contributed by atoms with van der Waals surface area (Å²) in [6, 6.07) is 0. The van der Waals surface area contributed by atoms with Crippen molar-refractivity contribution >= 4 is 59.8 Å². The van der Waals surface area contributed by atoms with Gasteiger partial charge in [-0.15, -0.1) is 0 Å². The second-order valence-electron chi connectivity index (χ2n) is 3.03. The summed E-state index contributed by atoms with van der Waals surface area (Å²) in [5.41, 5.74) is 0. The van der Waals surface area contributed by atoms with Gasteiger partial charge in [-0.25, -0.2) is 0 Å². The minimum atomic E-state index is -1.08. The summed E-state index contributed by atoms with van der Waals surface area (Å²) in [7, 11) is 0. The van der Waals surface area contributed by atoms with Crippen molar-refractivity contribution in [1.29, 1.82) is 0 Å². The zero-order valence-electron chi connectivity index (χ0n) is 9.88. The topological polar surface area (TPSA) is 80.3 Å². The number of carbonyl (C=O) groups is 2. The first kappa shape index (κ1) is 25.4. The minimum Gasteiger partial charge on any atom is -0.550 e. The first-order chi connectivity index (χ1) is 6.50. The van der Waals surface area contributed by atoms with Gasteiger partial charge in [-0.1, -0.05) is 32.6 Å². The van der Waals surface area contributed by atoms with Gasteiger partial charge in [0.15, 0.2) is 0 Å². The average molecular weight is 440 g/mol. The molecule has 0 aromatic carbocycles. The molecule has 0 spiro atoms. The number of aliphatic carboxylic acids is 2. The Morgan fingerprint density at radius 1 is 0.938 bits per heavy atom. The molecule has 0 heterocycles. The second kappa shape index (κ2) is 20.9. The fourth-order valence-electron chi connectivity index (χ4n) is 0.873. The number of carbonyl (C=O) groups excluding carboxylic acids is 2. The van der Waals surface area contributed by atoms with Gasteiger partial charge in [0.2, 0.25) is 0 Å². The van der Waals surface area contributed by atoms with E-state index in [2.05, 4.69) is 6.92 Å². The molecule has 0 bridgehead atoms. The maximum atomic E-state index is 9.92. The van der Waals surface area contributed by atoms with Gasteiger partial charge < -0.3 is 19.8 Å². The van der Waals surface area contributed by atoms with E-state index in [9.17, 15) is 9.90 Å². The quantitative estimate of drug-likeness (QED) is 0.397. The average Bonchev–Trinajstić information content (AvgIpc) is 2.02. The van der Waals surface area contributed by atoms with Crippen molar-refractivity contribution < 1.29 is 19.8 Å². The Kier molecular flexibility index (Phi) is 33.2. The van der Waals surface area contributed by atoms with Crippen LogP contribution in [0.15, 0.2) is 0 Å². The van der Waals surface area contributed by atoms with Crippen LogP contribution in [0.5, 0.6) is 0 Å². The summed E-state index contributed by atoms with van der Waals surface area (Å²) >= 11 is 0. The van der Waals surface area contributed by atoms with Gasteiger partial charge in [0.25, 0.3) is 0 Å². The van der Waals surface area contributed by atoms with Crippen LogP contribution in [0.1, 0.15) is 52.4 Å². The van der Waals surface area contributed by atoms with Gasteiger partial charge >= 0.3 is 47.8 Å². The zero-order valence-corrected chi connectivity index (χ0v) is 15.6. The van der Waals surface area contributed by atoms with Crippen LogP contribution in [0.3, 0.4) is 0 Å². The van der Waals surface area contributed by atoms with E-state index in [1.54, 1.807) is 0 Å². The fourth-order valence-corrected chi connectivity index (χ4v) is 0.873. The van der Waals surface area contributed by atoms with Gasteiger partial charge in [-0.05, 0) is 19.8 Å². The number of carboxylic acid groups (broad SMARTS) is 2. The van der Waals surface area contributed by atoms with E-state index in [0.717, 1.165) is 26.2 Å². The normalized spacial score (nSPS) is 7.62. The molecule has 0 rings (SSSR count). The van der Waals surface area contributed by atoms with E-state index in [1.165, 1.54) is 12.8 Å². The molecule has 0 aliphatic carbocycles. The Bertz CT molecular complexity index is 159. The number of carboxylic acids is 2. The molecule has 0 atom stereocenters. The van der Waals surface area contributed by atoms with Crippen LogP contribution >= 0.6 is 0 Å². The summed E-state index contributed by atoms with van der Waals surface area (Å²) in [6.07, 6.45) is 5.61. The Hall–Kier alpha value is 0.537. The van der Waals surface area contributed by atoms with Gasteiger partial charge in [-0.2, -0.15) is 0 Å². The maximum absolute atomic E-state index is 9.92. The van der Waals surface area contributed by atoms with E-state index in [-0.39, 0.29) is 54.2 Å². The summed E-state index contributed by atoms with van der Waals surface area (Å²) in [4.78, 5) is 18.8. The van der Waals surface area contributed by atoms with Crippen LogP contribution in [0.2, 0.25) is 0 Å². The standard InChI is InChI=1S/C8H16O2.C2H4O2.2Sn/c1-2-3-4-5-6-7-8(9)10;1-2(3)4;;/h2-7H2,1H3,(H,9,10);1H3,(H,3,4);;/q;;2*+2/p-2. The van der Waals surface area contributed by atoms with Crippen molar-refractivity contribution in [3.05, 3.63) is 0 Å². The predicted molar refractivity (Wildman–Crippen MR) is 60.6 cm³/mol. The molecular formula is C10H18O4Sn2+2. The molecule has 0 N–H and O–H groups in total. The van der Waals surface area contributed by atoms with Gasteiger partial charge in [0.05, 0.1) is 0 Å². The molecule has 0 aromatic heterocycles. The van der Waals surface area contributed by atoms with Crippen molar-refractivity contribution in [1.82, 2.24) is 0 Å². The van der Waals surface area contributed by atoms with Gasteiger partial charge in [-0.3, -0.25) is 0 Å². The van der Waals surface area contributed by atoms with Crippen LogP contribution in [-0.2, 0) is 9.59 Å². The molecule has 0 fully saturated rings. The molecular weight excluding hydrogens is 422 g/mol. The molecule has 4 radical (unpaired) electrons. The molecule has 16 heavy (non-hydrogen) atoms. The minimum absolute atomic E-state index is 0. The number of hydrogen-bond acceptors (Lipinski definition) is 4.